The first kappa shape index (κ1) is 13.7. The van der Waals surface area contributed by atoms with Gasteiger partial charge in [0.1, 0.15) is 5.75 Å². The number of aromatic nitrogens is 2. The number of ketones is 1. The maximum Gasteiger partial charge on any atom is 0.321 e. The smallest absolute Gasteiger partial charge is 0.321 e. The number of rotatable bonds is 5. The minimum Gasteiger partial charge on any atom is -0.424 e. The highest BCUT2D eigenvalue weighted by Gasteiger charge is 2.05. The molecule has 0 saturated carbocycles. The molecule has 0 amide bonds. The molecule has 5 heteroatoms. The fourth-order valence-electron chi connectivity index (χ4n) is 1.47. The number of hydrogen-bond donors (Lipinski definition) is 0. The third-order valence-electron chi connectivity index (χ3n) is 2.39. The molecule has 0 atom stereocenters. The quantitative estimate of drug-likeness (QED) is 0.616. The largest absolute Gasteiger partial charge is 0.424 e. The third kappa shape index (κ3) is 3.91. The summed E-state index contributed by atoms with van der Waals surface area (Å²) in [5.74, 6) is 0.443. The predicted molar refractivity (Wildman–Crippen MR) is 75.7 cm³/mol. The standard InChI is InChI=1S/C15H15N3O2/c1-18(2)10-7-14(19)12-5-3-6-13(11-12)20-15-16-8-4-9-17-15/h3-11H,1-2H3. The molecule has 0 unspecified atom stereocenters. The van der Waals surface area contributed by atoms with Crippen LogP contribution in [0.5, 0.6) is 11.8 Å². The number of carbonyl (C=O) groups excluding carboxylic acids is 1. The van der Waals surface area contributed by atoms with E-state index in [4.69, 9.17) is 4.74 Å². The van der Waals surface area contributed by atoms with Gasteiger partial charge in [-0.2, -0.15) is 0 Å². The topological polar surface area (TPSA) is 55.3 Å². The molecular weight excluding hydrogens is 254 g/mol. The van der Waals surface area contributed by atoms with Crippen LogP contribution in [0.25, 0.3) is 0 Å². The van der Waals surface area contributed by atoms with Crippen LogP contribution >= 0.6 is 0 Å². The van der Waals surface area contributed by atoms with Crippen LogP contribution in [0.15, 0.2) is 55.0 Å². The van der Waals surface area contributed by atoms with E-state index in [0.29, 0.717) is 11.3 Å². The Bertz CT molecular complexity index is 610. The lowest BCUT2D eigenvalue weighted by Crippen LogP contribution is -2.03. The van der Waals surface area contributed by atoms with Gasteiger partial charge in [-0.1, -0.05) is 12.1 Å². The summed E-state index contributed by atoms with van der Waals surface area (Å²) in [7, 11) is 3.71. The molecule has 0 aliphatic carbocycles. The lowest BCUT2D eigenvalue weighted by Gasteiger charge is -2.05. The zero-order valence-electron chi connectivity index (χ0n) is 11.4. The highest BCUT2D eigenvalue weighted by Crippen LogP contribution is 2.18. The second-order valence-electron chi connectivity index (χ2n) is 4.30. The van der Waals surface area contributed by atoms with Crippen LogP contribution in [0.3, 0.4) is 0 Å². The summed E-state index contributed by atoms with van der Waals surface area (Å²) in [6.07, 6.45) is 6.41. The third-order valence-corrected chi connectivity index (χ3v) is 2.39. The van der Waals surface area contributed by atoms with E-state index in [1.165, 1.54) is 6.08 Å². The Hall–Kier alpha value is -2.69. The van der Waals surface area contributed by atoms with E-state index < -0.39 is 0 Å². The minimum atomic E-state index is -0.0851. The summed E-state index contributed by atoms with van der Waals surface area (Å²) in [6, 6.07) is 8.87. The van der Waals surface area contributed by atoms with Gasteiger partial charge in [-0.3, -0.25) is 4.79 Å². The van der Waals surface area contributed by atoms with Crippen molar-refractivity contribution in [2.45, 2.75) is 0 Å². The zero-order chi connectivity index (χ0) is 14.4. The van der Waals surface area contributed by atoms with E-state index >= 15 is 0 Å². The van der Waals surface area contributed by atoms with Crippen molar-refractivity contribution in [2.24, 2.45) is 0 Å². The molecule has 0 saturated heterocycles. The molecule has 0 radical (unpaired) electrons. The second-order valence-corrected chi connectivity index (χ2v) is 4.30. The van der Waals surface area contributed by atoms with E-state index in [9.17, 15) is 4.79 Å². The molecule has 0 fully saturated rings. The summed E-state index contributed by atoms with van der Waals surface area (Å²) in [5.41, 5.74) is 0.552. The molecule has 0 N–H and O–H groups in total. The van der Waals surface area contributed by atoms with Crippen LogP contribution in [0.4, 0.5) is 0 Å². The summed E-state index contributed by atoms with van der Waals surface area (Å²) in [6.45, 7) is 0. The SMILES string of the molecule is CN(C)C=CC(=O)c1cccc(Oc2ncccn2)c1. The summed E-state index contributed by atoms with van der Waals surface area (Å²) < 4.78 is 5.49. The van der Waals surface area contributed by atoms with Crippen LogP contribution in [-0.2, 0) is 0 Å². The fourth-order valence-corrected chi connectivity index (χ4v) is 1.47. The summed E-state index contributed by atoms with van der Waals surface area (Å²) in [5, 5.41) is 0. The van der Waals surface area contributed by atoms with Crippen LogP contribution in [0.1, 0.15) is 10.4 Å². The van der Waals surface area contributed by atoms with Gasteiger partial charge in [0, 0.05) is 44.3 Å². The molecule has 2 aromatic rings. The minimum absolute atomic E-state index is 0.0851. The van der Waals surface area contributed by atoms with Gasteiger partial charge in [0.15, 0.2) is 5.78 Å². The Balaban J connectivity index is 2.14. The van der Waals surface area contributed by atoms with Crippen molar-refractivity contribution in [3.63, 3.8) is 0 Å². The zero-order valence-corrected chi connectivity index (χ0v) is 11.4. The first-order valence-corrected chi connectivity index (χ1v) is 6.09. The first-order valence-electron chi connectivity index (χ1n) is 6.09. The summed E-state index contributed by atoms with van der Waals surface area (Å²) >= 11 is 0. The molecule has 0 spiro atoms. The molecule has 5 nitrogen and oxygen atoms in total. The highest BCUT2D eigenvalue weighted by molar-refractivity contribution is 6.04. The maximum atomic E-state index is 12.0. The van der Waals surface area contributed by atoms with Gasteiger partial charge in [0.2, 0.25) is 0 Å². The lowest BCUT2D eigenvalue weighted by molar-refractivity contribution is 0.104. The Morgan fingerprint density at radius 1 is 1.20 bits per heavy atom. The van der Waals surface area contributed by atoms with Crippen molar-refractivity contribution in [3.05, 3.63) is 60.6 Å². The number of allylic oxidation sites excluding steroid dienone is 1. The number of carbonyl (C=O) groups is 1. The lowest BCUT2D eigenvalue weighted by atomic mass is 10.1. The molecule has 0 bridgehead atoms. The van der Waals surface area contributed by atoms with Crippen molar-refractivity contribution in [3.8, 4) is 11.8 Å². The van der Waals surface area contributed by atoms with Crippen molar-refractivity contribution in [1.29, 1.82) is 0 Å². The number of nitrogens with zero attached hydrogens (tertiary/aromatic N) is 3. The predicted octanol–water partition coefficient (Wildman–Crippen LogP) is 2.53. The highest BCUT2D eigenvalue weighted by atomic mass is 16.5. The van der Waals surface area contributed by atoms with Gasteiger partial charge in [-0.05, 0) is 18.2 Å². The van der Waals surface area contributed by atoms with E-state index in [-0.39, 0.29) is 11.8 Å². The number of benzene rings is 1. The average Bonchev–Trinajstić information content (AvgIpc) is 2.46. The second kappa shape index (κ2) is 6.47. The van der Waals surface area contributed by atoms with Gasteiger partial charge in [0.05, 0.1) is 0 Å². The van der Waals surface area contributed by atoms with Crippen molar-refractivity contribution in [1.82, 2.24) is 14.9 Å². The molecule has 1 aromatic heterocycles. The van der Waals surface area contributed by atoms with Crippen LogP contribution < -0.4 is 4.74 Å². The van der Waals surface area contributed by atoms with E-state index in [2.05, 4.69) is 9.97 Å². The molecular formula is C15H15N3O2. The maximum absolute atomic E-state index is 12.0. The van der Waals surface area contributed by atoms with E-state index in [1.807, 2.05) is 14.1 Å². The summed E-state index contributed by atoms with van der Waals surface area (Å²) in [4.78, 5) is 21.7. The normalized spacial score (nSPS) is 10.5. The van der Waals surface area contributed by atoms with Gasteiger partial charge < -0.3 is 9.64 Å². The number of hydrogen-bond acceptors (Lipinski definition) is 5. The van der Waals surface area contributed by atoms with Crippen molar-refractivity contribution < 1.29 is 9.53 Å². The molecule has 102 valence electrons. The Morgan fingerprint density at radius 2 is 1.95 bits per heavy atom. The molecule has 2 rings (SSSR count). The van der Waals surface area contributed by atoms with Gasteiger partial charge >= 0.3 is 6.01 Å². The van der Waals surface area contributed by atoms with Crippen LogP contribution in [0, 0.1) is 0 Å². The molecule has 0 aliphatic rings. The monoisotopic (exact) mass is 269 g/mol. The van der Waals surface area contributed by atoms with Crippen LogP contribution in [0.2, 0.25) is 0 Å². The average molecular weight is 269 g/mol. The van der Waals surface area contributed by atoms with Crippen LogP contribution in [-0.4, -0.2) is 34.7 Å². The van der Waals surface area contributed by atoms with Gasteiger partial charge in [0.25, 0.3) is 0 Å². The Kier molecular flexibility index (Phi) is 4.44. The number of ether oxygens (including phenoxy) is 1. The first-order chi connectivity index (χ1) is 9.65. The van der Waals surface area contributed by atoms with Crippen molar-refractivity contribution in [2.75, 3.05) is 14.1 Å². The van der Waals surface area contributed by atoms with Gasteiger partial charge in [-0.25, -0.2) is 9.97 Å². The molecule has 20 heavy (non-hydrogen) atoms. The fraction of sp³-hybridized carbons (Fsp3) is 0.133. The Labute approximate surface area is 117 Å². The molecule has 1 aromatic carbocycles. The van der Waals surface area contributed by atoms with E-state index in [1.54, 1.807) is 53.8 Å². The molecule has 1 heterocycles. The molecule has 0 aliphatic heterocycles. The van der Waals surface area contributed by atoms with E-state index in [0.717, 1.165) is 0 Å². The van der Waals surface area contributed by atoms with Crippen molar-refractivity contribution >= 4 is 5.78 Å². The Morgan fingerprint density at radius 3 is 2.65 bits per heavy atom. The van der Waals surface area contributed by atoms with Gasteiger partial charge in [-0.15, -0.1) is 0 Å².